The highest BCUT2D eigenvalue weighted by Gasteiger charge is 2.31. The first-order chi connectivity index (χ1) is 14.7. The van der Waals surface area contributed by atoms with Gasteiger partial charge in [0, 0.05) is 30.9 Å². The summed E-state index contributed by atoms with van der Waals surface area (Å²) in [5.41, 5.74) is 1.56. The first-order valence-electron chi connectivity index (χ1n) is 10.3. The van der Waals surface area contributed by atoms with Gasteiger partial charge in [0.2, 0.25) is 5.16 Å². The third kappa shape index (κ3) is 3.96. The van der Waals surface area contributed by atoms with Crippen LogP contribution < -0.4 is 0 Å². The van der Waals surface area contributed by atoms with Crippen molar-refractivity contribution in [3.8, 4) is 5.69 Å². The maximum Gasteiger partial charge on any atom is 0.255 e. The minimum atomic E-state index is 0.00382. The van der Waals surface area contributed by atoms with Gasteiger partial charge >= 0.3 is 0 Å². The largest absolute Gasteiger partial charge is 0.339 e. The summed E-state index contributed by atoms with van der Waals surface area (Å²) in [4.78, 5) is 19.1. The third-order valence-corrected chi connectivity index (χ3v) is 6.87. The standard InChI is InChI=1S/C22H22ClN5OS/c23-18-13-16(21(29)27-11-5-2-6-12-27)14-24-20(18)30-22-26-25-19(15-9-10-15)28(22)17-7-3-1-4-8-17/h1,3-4,7-8,13-15H,2,5-6,9-12H2. The van der Waals surface area contributed by atoms with E-state index in [1.165, 1.54) is 18.2 Å². The van der Waals surface area contributed by atoms with Gasteiger partial charge in [0.05, 0.1) is 10.6 Å². The van der Waals surface area contributed by atoms with E-state index in [1.54, 1.807) is 12.3 Å². The highest BCUT2D eigenvalue weighted by molar-refractivity contribution is 7.99. The number of rotatable bonds is 5. The van der Waals surface area contributed by atoms with Crippen LogP contribution in [0.5, 0.6) is 0 Å². The van der Waals surface area contributed by atoms with Crippen LogP contribution in [0.15, 0.2) is 52.8 Å². The van der Waals surface area contributed by atoms with Crippen molar-refractivity contribution in [1.29, 1.82) is 0 Å². The number of pyridine rings is 1. The summed E-state index contributed by atoms with van der Waals surface area (Å²) in [6, 6.07) is 11.8. The predicted molar refractivity (Wildman–Crippen MR) is 116 cm³/mol. The number of aromatic nitrogens is 4. The van der Waals surface area contributed by atoms with Crippen LogP contribution in [0.25, 0.3) is 5.69 Å². The van der Waals surface area contributed by atoms with Gasteiger partial charge in [-0.3, -0.25) is 9.36 Å². The van der Waals surface area contributed by atoms with Gasteiger partial charge in [-0.1, -0.05) is 29.8 Å². The minimum Gasteiger partial charge on any atom is -0.339 e. The SMILES string of the molecule is O=C(c1cnc(Sc2nnc(C3CC3)n2-c2ccccc2)c(Cl)c1)N1CCCCC1. The van der Waals surface area contributed by atoms with Gasteiger partial charge in [0.25, 0.3) is 5.91 Å². The number of likely N-dealkylation sites (tertiary alicyclic amines) is 1. The van der Waals surface area contributed by atoms with E-state index < -0.39 is 0 Å². The van der Waals surface area contributed by atoms with Crippen LogP contribution in [0.4, 0.5) is 0 Å². The van der Waals surface area contributed by atoms with Crippen molar-refractivity contribution in [2.45, 2.75) is 48.2 Å². The lowest BCUT2D eigenvalue weighted by Crippen LogP contribution is -2.35. The summed E-state index contributed by atoms with van der Waals surface area (Å²) in [6.07, 6.45) is 7.20. The molecule has 2 aliphatic rings. The lowest BCUT2D eigenvalue weighted by molar-refractivity contribution is 0.0724. The summed E-state index contributed by atoms with van der Waals surface area (Å²) in [6.45, 7) is 1.61. The Hall–Kier alpha value is -2.38. The molecule has 2 aromatic heterocycles. The Balaban J connectivity index is 1.42. The normalized spacial score (nSPS) is 16.6. The lowest BCUT2D eigenvalue weighted by atomic mass is 10.1. The Kier molecular flexibility index (Phi) is 5.48. The molecule has 154 valence electrons. The maximum absolute atomic E-state index is 12.7. The van der Waals surface area contributed by atoms with Crippen LogP contribution in [0.1, 0.15) is 54.2 Å². The van der Waals surface area contributed by atoms with Crippen molar-refractivity contribution in [2.75, 3.05) is 13.1 Å². The average Bonchev–Trinajstić information content (AvgIpc) is 3.56. The molecule has 3 heterocycles. The topological polar surface area (TPSA) is 63.9 Å². The average molecular weight is 440 g/mol. The molecular weight excluding hydrogens is 418 g/mol. The summed E-state index contributed by atoms with van der Waals surface area (Å²) in [5, 5.41) is 10.7. The molecule has 0 bridgehead atoms. The molecule has 1 aliphatic heterocycles. The van der Waals surface area contributed by atoms with Crippen molar-refractivity contribution in [1.82, 2.24) is 24.6 Å². The smallest absolute Gasteiger partial charge is 0.255 e. The predicted octanol–water partition coefficient (Wildman–Crippen LogP) is 4.97. The number of para-hydroxylation sites is 1. The van der Waals surface area contributed by atoms with Crippen LogP contribution in [0.3, 0.4) is 0 Å². The van der Waals surface area contributed by atoms with E-state index in [2.05, 4.69) is 31.9 Å². The quantitative estimate of drug-likeness (QED) is 0.561. The summed E-state index contributed by atoms with van der Waals surface area (Å²) < 4.78 is 2.09. The van der Waals surface area contributed by atoms with Crippen molar-refractivity contribution >= 4 is 29.3 Å². The molecule has 6 nitrogen and oxygen atoms in total. The van der Waals surface area contributed by atoms with Crippen LogP contribution >= 0.6 is 23.4 Å². The number of benzene rings is 1. The van der Waals surface area contributed by atoms with Crippen molar-refractivity contribution in [3.63, 3.8) is 0 Å². The second kappa shape index (κ2) is 8.40. The highest BCUT2D eigenvalue weighted by Crippen LogP contribution is 2.42. The minimum absolute atomic E-state index is 0.00382. The zero-order chi connectivity index (χ0) is 20.5. The maximum atomic E-state index is 12.7. The number of hydrogen-bond donors (Lipinski definition) is 0. The van der Waals surface area contributed by atoms with Gasteiger partial charge in [0.1, 0.15) is 10.9 Å². The van der Waals surface area contributed by atoms with E-state index in [9.17, 15) is 4.79 Å². The Bertz CT molecular complexity index is 1060. The number of carbonyl (C=O) groups is 1. The Morgan fingerprint density at radius 2 is 1.83 bits per heavy atom. The van der Waals surface area contributed by atoms with Gasteiger partial charge in [-0.15, -0.1) is 10.2 Å². The molecule has 0 radical (unpaired) electrons. The fraction of sp³-hybridized carbons (Fsp3) is 0.364. The molecule has 0 atom stereocenters. The molecule has 30 heavy (non-hydrogen) atoms. The van der Waals surface area contributed by atoms with E-state index in [-0.39, 0.29) is 5.91 Å². The van der Waals surface area contributed by atoms with Crippen LogP contribution in [0.2, 0.25) is 5.02 Å². The molecule has 1 amide bonds. The number of halogens is 1. The van der Waals surface area contributed by atoms with Crippen molar-refractivity contribution in [2.24, 2.45) is 0 Å². The van der Waals surface area contributed by atoms with Crippen LogP contribution in [-0.4, -0.2) is 43.6 Å². The molecule has 1 aliphatic carbocycles. The van der Waals surface area contributed by atoms with Crippen LogP contribution in [-0.2, 0) is 0 Å². The molecule has 0 unspecified atom stereocenters. The second-order valence-electron chi connectivity index (χ2n) is 7.75. The van der Waals surface area contributed by atoms with Gasteiger partial charge < -0.3 is 4.90 Å². The summed E-state index contributed by atoms with van der Waals surface area (Å²) >= 11 is 7.91. The third-order valence-electron chi connectivity index (χ3n) is 5.50. The number of piperidine rings is 1. The second-order valence-corrected chi connectivity index (χ2v) is 9.12. The number of carbonyl (C=O) groups excluding carboxylic acids is 1. The number of hydrogen-bond acceptors (Lipinski definition) is 5. The Labute approximate surface area is 184 Å². The van der Waals surface area contributed by atoms with E-state index >= 15 is 0 Å². The fourth-order valence-electron chi connectivity index (χ4n) is 3.76. The summed E-state index contributed by atoms with van der Waals surface area (Å²) in [7, 11) is 0. The first-order valence-corrected chi connectivity index (χ1v) is 11.5. The van der Waals surface area contributed by atoms with E-state index in [0.29, 0.717) is 21.5 Å². The Morgan fingerprint density at radius 1 is 1.07 bits per heavy atom. The molecule has 2 fully saturated rings. The Morgan fingerprint density at radius 3 is 2.53 bits per heavy atom. The van der Waals surface area contributed by atoms with Gasteiger partial charge in [-0.25, -0.2) is 4.98 Å². The molecule has 3 aromatic rings. The molecule has 0 spiro atoms. The van der Waals surface area contributed by atoms with E-state index in [0.717, 1.165) is 55.4 Å². The number of nitrogens with zero attached hydrogens (tertiary/aromatic N) is 5. The van der Waals surface area contributed by atoms with E-state index in [1.807, 2.05) is 23.1 Å². The highest BCUT2D eigenvalue weighted by atomic mass is 35.5. The number of amides is 1. The van der Waals surface area contributed by atoms with E-state index in [4.69, 9.17) is 11.6 Å². The fourth-order valence-corrected chi connectivity index (χ4v) is 4.85. The van der Waals surface area contributed by atoms with Crippen LogP contribution in [0, 0.1) is 0 Å². The molecular formula is C22H22ClN5OS. The van der Waals surface area contributed by atoms with Crippen molar-refractivity contribution in [3.05, 3.63) is 59.0 Å². The lowest BCUT2D eigenvalue weighted by Gasteiger charge is -2.26. The summed E-state index contributed by atoms with van der Waals surface area (Å²) in [5.74, 6) is 1.45. The van der Waals surface area contributed by atoms with Gasteiger partial charge in [-0.05, 0) is 62.1 Å². The molecule has 1 saturated heterocycles. The first kappa shape index (κ1) is 19.6. The monoisotopic (exact) mass is 439 g/mol. The zero-order valence-electron chi connectivity index (χ0n) is 16.5. The molecule has 1 saturated carbocycles. The van der Waals surface area contributed by atoms with Gasteiger partial charge in [-0.2, -0.15) is 0 Å². The zero-order valence-corrected chi connectivity index (χ0v) is 18.1. The van der Waals surface area contributed by atoms with Gasteiger partial charge in [0.15, 0.2) is 0 Å². The molecule has 1 aromatic carbocycles. The van der Waals surface area contributed by atoms with Crippen molar-refractivity contribution < 1.29 is 4.79 Å². The molecule has 0 N–H and O–H groups in total. The molecule has 8 heteroatoms. The molecule has 5 rings (SSSR count).